The van der Waals surface area contributed by atoms with Gasteiger partial charge in [-0.2, -0.15) is 0 Å². The zero-order chi connectivity index (χ0) is 35.2. The lowest BCUT2D eigenvalue weighted by Gasteiger charge is -2.45. The van der Waals surface area contributed by atoms with E-state index in [1.165, 1.54) is 18.2 Å². The molecule has 3 aliphatic heterocycles. The minimum Gasteiger partial charge on any atom is -0.490 e. The number of carbonyl (C=O) groups is 2. The van der Waals surface area contributed by atoms with Crippen molar-refractivity contribution in [2.75, 3.05) is 51.1 Å². The Labute approximate surface area is 300 Å². The molecule has 0 aromatic heterocycles. The summed E-state index contributed by atoms with van der Waals surface area (Å²) in [6.07, 6.45) is 6.56. The summed E-state index contributed by atoms with van der Waals surface area (Å²) in [6, 6.07) is 11.5. The lowest BCUT2D eigenvalue weighted by molar-refractivity contribution is -0.121. The molecule has 3 heterocycles. The number of aliphatic hydroxyl groups excluding tert-OH is 1. The number of aliphatic hydroxyl groups is 1. The van der Waals surface area contributed by atoms with Gasteiger partial charge >= 0.3 is 0 Å². The molecule has 0 radical (unpaired) electrons. The van der Waals surface area contributed by atoms with Crippen LogP contribution >= 0.6 is 11.6 Å². The summed E-state index contributed by atoms with van der Waals surface area (Å²) in [4.78, 5) is 29.8. The highest BCUT2D eigenvalue weighted by atomic mass is 35.5. The number of nitrogens with zero attached hydrogens (tertiary/aromatic N) is 4. The maximum atomic E-state index is 14.5. The molecule has 1 saturated carbocycles. The Balaban J connectivity index is 1.27. The lowest BCUT2D eigenvalue weighted by Crippen LogP contribution is -2.49. The minimum absolute atomic E-state index is 0.000763. The van der Waals surface area contributed by atoms with Gasteiger partial charge in [0, 0.05) is 36.1 Å². The van der Waals surface area contributed by atoms with Crippen molar-refractivity contribution in [3.8, 4) is 5.75 Å². The largest absolute Gasteiger partial charge is 0.490 e. The first-order chi connectivity index (χ1) is 24.0. The number of anilines is 1. The van der Waals surface area contributed by atoms with E-state index in [0.29, 0.717) is 37.7 Å². The van der Waals surface area contributed by atoms with Crippen LogP contribution in [0.3, 0.4) is 0 Å². The van der Waals surface area contributed by atoms with Crippen LogP contribution in [0.15, 0.2) is 45.9 Å². The molecule has 270 valence electrons. The molecule has 5 aliphatic rings. The molecular formula is C37H48ClN5O6S. The van der Waals surface area contributed by atoms with Crippen LogP contribution in [0.4, 0.5) is 5.69 Å². The Hall–Kier alpha value is -3.35. The fourth-order valence-corrected chi connectivity index (χ4v) is 10.9. The summed E-state index contributed by atoms with van der Waals surface area (Å²) in [7, 11) is -0.377. The number of methoxy groups -OCH3 is 1. The Morgan fingerprint density at radius 2 is 1.98 bits per heavy atom. The number of ether oxygens (including phenoxy) is 2. The van der Waals surface area contributed by atoms with E-state index in [-0.39, 0.29) is 41.0 Å². The maximum Gasteiger partial charge on any atom is 0.286 e. The third-order valence-corrected chi connectivity index (χ3v) is 13.7. The fourth-order valence-electron chi connectivity index (χ4n) is 8.73. The van der Waals surface area contributed by atoms with E-state index in [4.69, 9.17) is 21.1 Å². The second-order valence-corrected chi connectivity index (χ2v) is 17.5. The third kappa shape index (κ3) is 6.95. The molecule has 2 N–H and O–H groups in total. The molecule has 2 amide bonds. The second-order valence-electron chi connectivity index (χ2n) is 15.1. The first kappa shape index (κ1) is 35.1. The quantitative estimate of drug-likeness (QED) is 0.433. The van der Waals surface area contributed by atoms with Crippen molar-refractivity contribution in [1.29, 1.82) is 0 Å². The second kappa shape index (κ2) is 14.0. The Morgan fingerprint density at radius 3 is 2.76 bits per heavy atom. The van der Waals surface area contributed by atoms with Gasteiger partial charge in [-0.15, -0.1) is 9.46 Å². The summed E-state index contributed by atoms with van der Waals surface area (Å²) in [5.74, 6) is -0.724. The van der Waals surface area contributed by atoms with Crippen molar-refractivity contribution in [1.82, 2.24) is 9.73 Å². The fraction of sp³-hybridized carbons (Fsp3) is 0.595. The normalized spacial score (nSPS) is 32.8. The summed E-state index contributed by atoms with van der Waals surface area (Å²) in [6.45, 7) is 4.10. The van der Waals surface area contributed by atoms with Crippen LogP contribution in [0.2, 0.25) is 5.02 Å². The van der Waals surface area contributed by atoms with Gasteiger partial charge in [-0.1, -0.05) is 31.0 Å². The number of halogens is 1. The van der Waals surface area contributed by atoms with Gasteiger partial charge in [0.15, 0.2) is 0 Å². The predicted octanol–water partition coefficient (Wildman–Crippen LogP) is 5.18. The number of carbonyl (C=O) groups excluding carboxylic acids is 2. The number of benzene rings is 2. The van der Waals surface area contributed by atoms with E-state index in [1.54, 1.807) is 24.2 Å². The summed E-state index contributed by atoms with van der Waals surface area (Å²) >= 11 is 6.44. The highest BCUT2D eigenvalue weighted by Crippen LogP contribution is 2.47. The van der Waals surface area contributed by atoms with Crippen molar-refractivity contribution in [2.45, 2.75) is 69.8 Å². The lowest BCUT2D eigenvalue weighted by atomic mass is 9.68. The highest BCUT2D eigenvalue weighted by Gasteiger charge is 2.44. The van der Waals surface area contributed by atoms with E-state index >= 15 is 0 Å². The zero-order valence-corrected chi connectivity index (χ0v) is 30.7. The van der Waals surface area contributed by atoms with Gasteiger partial charge in [0.25, 0.3) is 5.91 Å². The van der Waals surface area contributed by atoms with Crippen LogP contribution in [-0.2, 0) is 31.3 Å². The molecule has 2 aromatic carbocycles. The molecule has 1 spiro atoms. The van der Waals surface area contributed by atoms with Crippen molar-refractivity contribution < 1.29 is 28.4 Å². The standard InChI is InChI=1S/C37H48ClN5O6S/c1-23-6-4-8-32(44)28-12-9-26(28)18-43-21-37(15-5-7-24-16-27(38)11-13-30(24)37)22-49-33-14-10-25(17-31(33)43)34(45)40-50(47,20-23)41-35(46)29-19-42(2)39-36(29)48-3/h10-11,13-14,16-17,23,26,28-29,32,44H,4-9,12,15,18-22H2,1-3H3,(H,40,41,45,46,47)/t23-,26-,28+,29?,32-,37-,50-/m0/s1. The molecule has 2 aliphatic carbocycles. The van der Waals surface area contributed by atoms with E-state index in [0.717, 1.165) is 55.8 Å². The molecule has 11 nitrogen and oxygen atoms in total. The molecule has 13 heteroatoms. The summed E-state index contributed by atoms with van der Waals surface area (Å²) in [5, 5.41) is 18.0. The Kier molecular flexibility index (Phi) is 9.81. The molecule has 7 rings (SSSR count). The first-order valence-electron chi connectivity index (χ1n) is 17.9. The highest BCUT2D eigenvalue weighted by molar-refractivity contribution is 7.92. The Morgan fingerprint density at radius 1 is 1.14 bits per heavy atom. The summed E-state index contributed by atoms with van der Waals surface area (Å²) in [5.41, 5.74) is 3.28. The molecule has 1 fully saturated rings. The minimum atomic E-state index is -3.54. The van der Waals surface area contributed by atoms with Crippen molar-refractivity contribution in [3.05, 3.63) is 58.1 Å². The topological polar surface area (TPSA) is 133 Å². The molecule has 2 bridgehead atoms. The van der Waals surface area contributed by atoms with Gasteiger partial charge in [0.1, 0.15) is 21.6 Å². The third-order valence-electron chi connectivity index (χ3n) is 11.4. The number of rotatable bonds is 2. The molecule has 1 unspecified atom stereocenters. The first-order valence-corrected chi connectivity index (χ1v) is 20.0. The van der Waals surface area contributed by atoms with E-state index in [1.807, 2.05) is 19.1 Å². The number of aryl methyl sites for hydroxylation is 1. The van der Waals surface area contributed by atoms with E-state index in [2.05, 4.69) is 31.2 Å². The van der Waals surface area contributed by atoms with Gasteiger partial charge in [-0.05, 0) is 104 Å². The van der Waals surface area contributed by atoms with Crippen molar-refractivity contribution in [2.24, 2.45) is 33.1 Å². The van der Waals surface area contributed by atoms with Crippen molar-refractivity contribution in [3.63, 3.8) is 0 Å². The van der Waals surface area contributed by atoms with Gasteiger partial charge in [-0.25, -0.2) is 4.21 Å². The van der Waals surface area contributed by atoms with Crippen LogP contribution in [0.25, 0.3) is 0 Å². The number of amides is 2. The van der Waals surface area contributed by atoms with Crippen molar-refractivity contribution >= 4 is 44.9 Å². The van der Waals surface area contributed by atoms with E-state index in [9.17, 15) is 18.9 Å². The number of hydrogen-bond donors (Lipinski definition) is 2. The maximum absolute atomic E-state index is 14.5. The van der Waals surface area contributed by atoms with Crippen LogP contribution in [0.1, 0.15) is 73.4 Å². The van der Waals surface area contributed by atoms with E-state index < -0.39 is 33.8 Å². The van der Waals surface area contributed by atoms with Gasteiger partial charge in [0.05, 0.1) is 37.8 Å². The van der Waals surface area contributed by atoms with Gasteiger partial charge in [-0.3, -0.25) is 19.3 Å². The summed E-state index contributed by atoms with van der Waals surface area (Å²) < 4.78 is 33.4. The average molecular weight is 726 g/mol. The van der Waals surface area contributed by atoms with Crippen LogP contribution in [0, 0.1) is 23.7 Å². The molecule has 0 saturated heterocycles. The monoisotopic (exact) mass is 725 g/mol. The molecule has 2 aromatic rings. The zero-order valence-electron chi connectivity index (χ0n) is 29.1. The number of hydrogen-bond acceptors (Lipinski definition) is 9. The molecule has 7 atom stereocenters. The average Bonchev–Trinajstić information content (AvgIpc) is 3.37. The number of hydrazone groups is 1. The molecular weight excluding hydrogens is 678 g/mol. The smallest absolute Gasteiger partial charge is 0.286 e. The Bertz CT molecular complexity index is 1810. The predicted molar refractivity (Wildman–Crippen MR) is 194 cm³/mol. The SMILES string of the molecule is COC1=NN(C)CC1C(=O)N[S@@]1(=O)=NC(=O)c2ccc3c(c2)N(C[C@@H]2CC[C@H]2[C@@H](O)CCC[C@H](C)C1)C[C@@]1(CCCc2cc(Cl)ccc21)CO3. The number of fused-ring (bicyclic) bond motifs is 4. The molecule has 50 heavy (non-hydrogen) atoms. The van der Waals surface area contributed by atoms with Crippen LogP contribution < -0.4 is 14.4 Å². The van der Waals surface area contributed by atoms with Crippen LogP contribution in [-0.4, -0.2) is 84.3 Å². The van der Waals surface area contributed by atoms with Gasteiger partial charge < -0.3 is 19.5 Å². The van der Waals surface area contributed by atoms with Gasteiger partial charge in [0.2, 0.25) is 11.8 Å². The van der Waals surface area contributed by atoms with Crippen LogP contribution in [0.5, 0.6) is 5.75 Å². The number of nitrogens with one attached hydrogen (secondary N) is 1.